The Hall–Kier alpha value is -3.28. The molecule has 0 N–H and O–H groups in total. The molecule has 2 amide bonds. The molecule has 2 aliphatic rings. The number of amides is 2. The quantitative estimate of drug-likeness (QED) is 0.292. The lowest BCUT2D eigenvalue weighted by atomic mass is 9.93. The molecule has 43 heavy (non-hydrogen) atoms. The van der Waals surface area contributed by atoms with Crippen molar-refractivity contribution in [1.82, 2.24) is 19.7 Å². The third kappa shape index (κ3) is 6.94. The summed E-state index contributed by atoms with van der Waals surface area (Å²) in [5.74, 6) is -0.166. The number of ether oxygens (including phenoxy) is 1. The van der Waals surface area contributed by atoms with E-state index in [4.69, 9.17) is 27.9 Å². The summed E-state index contributed by atoms with van der Waals surface area (Å²) in [6.45, 7) is 3.21. The largest absolute Gasteiger partial charge is 0.481 e. The summed E-state index contributed by atoms with van der Waals surface area (Å²) in [6, 6.07) is 13.6. The standard InChI is InChI=1S/C30H31Cl2F4N5O2/c1-38(16-19-6-8-22(25(33)14-19)30(34,35)36)26-18-41(17-21(26)20-7-9-23(31)24(32)15-20)29(42)40-12-10-39(11-13-40)27-4-3-5-28(37-27)43-2/h3-9,14-15,21,26H,10-13,16-18H2,1-2H3/t21-,26-/m1/s1. The summed E-state index contributed by atoms with van der Waals surface area (Å²) in [5.41, 5.74) is -0.0190. The van der Waals surface area contributed by atoms with Crippen LogP contribution in [0.4, 0.5) is 28.2 Å². The van der Waals surface area contributed by atoms with Gasteiger partial charge in [-0.15, -0.1) is 0 Å². The molecular weight excluding hydrogens is 609 g/mol. The molecule has 0 aliphatic carbocycles. The first kappa shape index (κ1) is 31.2. The van der Waals surface area contributed by atoms with Crippen LogP contribution in [-0.2, 0) is 12.7 Å². The molecular formula is C30H31Cl2F4N5O2. The van der Waals surface area contributed by atoms with Crippen LogP contribution >= 0.6 is 23.2 Å². The fourth-order valence-electron chi connectivity index (χ4n) is 5.77. The topological polar surface area (TPSA) is 52.2 Å². The summed E-state index contributed by atoms with van der Waals surface area (Å²) in [7, 11) is 3.38. The molecule has 2 saturated heterocycles. The van der Waals surface area contributed by atoms with Gasteiger partial charge < -0.3 is 19.4 Å². The average molecular weight is 641 g/mol. The number of methoxy groups -OCH3 is 1. The zero-order valence-corrected chi connectivity index (χ0v) is 25.1. The Morgan fingerprint density at radius 2 is 1.74 bits per heavy atom. The van der Waals surface area contributed by atoms with Gasteiger partial charge in [0.05, 0.1) is 22.7 Å². The number of nitrogens with zero attached hydrogens (tertiary/aromatic N) is 5. The van der Waals surface area contributed by atoms with Gasteiger partial charge in [0, 0.05) is 63.8 Å². The van der Waals surface area contributed by atoms with Crippen molar-refractivity contribution < 1.29 is 27.1 Å². The second-order valence-corrected chi connectivity index (χ2v) is 11.6. The number of anilines is 1. The number of likely N-dealkylation sites (N-methyl/N-ethyl adjacent to an activating group) is 1. The van der Waals surface area contributed by atoms with Crippen LogP contribution in [0.3, 0.4) is 0 Å². The van der Waals surface area contributed by atoms with Crippen LogP contribution in [0.15, 0.2) is 54.6 Å². The summed E-state index contributed by atoms with van der Waals surface area (Å²) in [5, 5.41) is 0.794. The lowest BCUT2D eigenvalue weighted by molar-refractivity contribution is -0.140. The molecule has 0 unspecified atom stereocenters. The highest BCUT2D eigenvalue weighted by Crippen LogP contribution is 2.36. The third-order valence-corrected chi connectivity index (χ3v) is 8.80. The first-order valence-corrected chi connectivity index (χ1v) is 14.5. The molecule has 0 spiro atoms. The van der Waals surface area contributed by atoms with Crippen molar-refractivity contribution in [1.29, 1.82) is 0 Å². The Kier molecular flexibility index (Phi) is 9.24. The van der Waals surface area contributed by atoms with Crippen LogP contribution in [0.25, 0.3) is 0 Å². The van der Waals surface area contributed by atoms with Crippen molar-refractivity contribution >= 4 is 35.1 Å². The first-order valence-electron chi connectivity index (χ1n) is 13.7. The lowest BCUT2D eigenvalue weighted by Crippen LogP contribution is -2.53. The number of pyridine rings is 1. The average Bonchev–Trinajstić information content (AvgIpc) is 3.43. The van der Waals surface area contributed by atoms with E-state index in [-0.39, 0.29) is 24.5 Å². The Morgan fingerprint density at radius 3 is 2.40 bits per heavy atom. The number of likely N-dealkylation sites (tertiary alicyclic amines) is 1. The van der Waals surface area contributed by atoms with Gasteiger partial charge in [-0.2, -0.15) is 18.2 Å². The van der Waals surface area contributed by atoms with Gasteiger partial charge in [-0.3, -0.25) is 4.90 Å². The van der Waals surface area contributed by atoms with E-state index in [1.807, 2.05) is 35.0 Å². The number of carbonyl (C=O) groups excluding carboxylic acids is 1. The van der Waals surface area contributed by atoms with Gasteiger partial charge in [-0.05, 0) is 48.5 Å². The number of aromatic nitrogens is 1. The zero-order valence-electron chi connectivity index (χ0n) is 23.6. The minimum Gasteiger partial charge on any atom is -0.481 e. The number of urea groups is 1. The van der Waals surface area contributed by atoms with Gasteiger partial charge in [-0.1, -0.05) is 41.4 Å². The molecule has 1 aromatic heterocycles. The molecule has 2 aromatic carbocycles. The van der Waals surface area contributed by atoms with E-state index in [1.165, 1.54) is 6.07 Å². The van der Waals surface area contributed by atoms with Crippen LogP contribution in [0.1, 0.15) is 22.6 Å². The third-order valence-electron chi connectivity index (χ3n) is 8.06. The molecule has 0 bridgehead atoms. The summed E-state index contributed by atoms with van der Waals surface area (Å²) in [6.07, 6.45) is -4.77. The zero-order chi connectivity index (χ0) is 30.9. The number of piperazine rings is 1. The van der Waals surface area contributed by atoms with Crippen LogP contribution in [0.5, 0.6) is 5.88 Å². The fourth-order valence-corrected chi connectivity index (χ4v) is 6.08. The van der Waals surface area contributed by atoms with Crippen LogP contribution < -0.4 is 9.64 Å². The molecule has 2 aliphatic heterocycles. The second kappa shape index (κ2) is 12.8. The highest BCUT2D eigenvalue weighted by molar-refractivity contribution is 6.42. The Labute approximate surface area is 257 Å². The van der Waals surface area contributed by atoms with E-state index in [1.54, 1.807) is 30.2 Å². The van der Waals surface area contributed by atoms with Crippen LogP contribution in [0, 0.1) is 5.82 Å². The number of halogens is 6. The maximum absolute atomic E-state index is 14.3. The smallest absolute Gasteiger partial charge is 0.419 e. The van der Waals surface area contributed by atoms with Crippen molar-refractivity contribution in [3.63, 3.8) is 0 Å². The second-order valence-electron chi connectivity index (χ2n) is 10.8. The van der Waals surface area contributed by atoms with E-state index in [2.05, 4.69) is 9.88 Å². The molecule has 3 heterocycles. The number of hydrogen-bond acceptors (Lipinski definition) is 5. The van der Waals surface area contributed by atoms with Gasteiger partial charge in [0.1, 0.15) is 11.6 Å². The van der Waals surface area contributed by atoms with Gasteiger partial charge in [0.2, 0.25) is 5.88 Å². The van der Waals surface area contributed by atoms with Gasteiger partial charge in [-0.25, -0.2) is 9.18 Å². The summed E-state index contributed by atoms with van der Waals surface area (Å²) >= 11 is 12.5. The van der Waals surface area contributed by atoms with Gasteiger partial charge in [0.15, 0.2) is 0 Å². The molecule has 3 aromatic rings. The summed E-state index contributed by atoms with van der Waals surface area (Å²) in [4.78, 5) is 25.9. The molecule has 0 saturated carbocycles. The van der Waals surface area contributed by atoms with Gasteiger partial charge in [0.25, 0.3) is 0 Å². The van der Waals surface area contributed by atoms with Crippen molar-refractivity contribution in [3.05, 3.63) is 87.2 Å². The first-order chi connectivity index (χ1) is 20.4. The monoisotopic (exact) mass is 639 g/mol. The van der Waals surface area contributed by atoms with E-state index >= 15 is 0 Å². The van der Waals surface area contributed by atoms with Crippen LogP contribution in [-0.4, -0.2) is 85.2 Å². The van der Waals surface area contributed by atoms with Crippen molar-refractivity contribution in [2.75, 3.05) is 58.3 Å². The van der Waals surface area contributed by atoms with Crippen molar-refractivity contribution in [2.24, 2.45) is 0 Å². The maximum atomic E-state index is 14.3. The van der Waals surface area contributed by atoms with Crippen molar-refractivity contribution in [3.8, 4) is 5.88 Å². The highest BCUT2D eigenvalue weighted by Gasteiger charge is 2.41. The molecule has 2 atom stereocenters. The maximum Gasteiger partial charge on any atom is 0.419 e. The molecule has 230 valence electrons. The predicted molar refractivity (Wildman–Crippen MR) is 157 cm³/mol. The minimum absolute atomic E-state index is 0.0974. The number of carbonyl (C=O) groups is 1. The predicted octanol–water partition coefficient (Wildman–Crippen LogP) is 6.40. The SMILES string of the molecule is COc1cccc(N2CCN(C(=O)N3C[C@H](c4ccc(Cl)c(Cl)c4)[C@H](N(C)Cc4ccc(C(F)(F)F)c(F)c4)C3)CC2)n1. The number of rotatable bonds is 6. The van der Waals surface area contributed by atoms with E-state index < -0.39 is 17.6 Å². The lowest BCUT2D eigenvalue weighted by Gasteiger charge is -2.37. The summed E-state index contributed by atoms with van der Waals surface area (Å²) < 4.78 is 58.8. The van der Waals surface area contributed by atoms with E-state index in [0.29, 0.717) is 60.8 Å². The molecule has 13 heteroatoms. The van der Waals surface area contributed by atoms with E-state index in [9.17, 15) is 22.4 Å². The fraction of sp³-hybridized carbons (Fsp3) is 0.400. The number of benzene rings is 2. The highest BCUT2D eigenvalue weighted by atomic mass is 35.5. The van der Waals surface area contributed by atoms with Crippen LogP contribution in [0.2, 0.25) is 10.0 Å². The van der Waals surface area contributed by atoms with Gasteiger partial charge >= 0.3 is 12.2 Å². The normalized spacial score (nSPS) is 19.3. The Bertz CT molecular complexity index is 1470. The van der Waals surface area contributed by atoms with Crippen molar-refractivity contribution in [2.45, 2.75) is 24.7 Å². The molecule has 7 nitrogen and oxygen atoms in total. The Balaban J connectivity index is 1.31. The molecule has 0 radical (unpaired) electrons. The van der Waals surface area contributed by atoms with E-state index in [0.717, 1.165) is 23.5 Å². The number of hydrogen-bond donors (Lipinski definition) is 0. The minimum atomic E-state index is -4.77. The molecule has 5 rings (SSSR count). The Morgan fingerprint density at radius 1 is 1.00 bits per heavy atom. The molecule has 2 fully saturated rings. The number of alkyl halides is 3.